The fourth-order valence-electron chi connectivity index (χ4n) is 3.45. The third-order valence-corrected chi connectivity index (χ3v) is 5.03. The minimum Gasteiger partial charge on any atom is -0.503 e. The molecule has 6 heteroatoms. The standard InChI is InChI=1S/C21H26ClN3O2/c1-2-3-4-9-18-19(16-7-5-8-17(22)14-16)25(21(27)20(18)26)12-6-11-24-13-10-23-15-24/h5,7-8,10,13-15,26-27H,2-4,6,9,11-12H2,1H3. The van der Waals surface area contributed by atoms with Crippen LogP contribution in [-0.4, -0.2) is 24.3 Å². The van der Waals surface area contributed by atoms with Crippen molar-refractivity contribution in [3.63, 3.8) is 0 Å². The van der Waals surface area contributed by atoms with E-state index in [9.17, 15) is 10.2 Å². The maximum absolute atomic E-state index is 10.6. The van der Waals surface area contributed by atoms with Crippen molar-refractivity contribution in [2.24, 2.45) is 0 Å². The van der Waals surface area contributed by atoms with Crippen LogP contribution in [0, 0.1) is 0 Å². The normalized spacial score (nSPS) is 11.2. The van der Waals surface area contributed by atoms with Crippen molar-refractivity contribution in [1.82, 2.24) is 14.1 Å². The second kappa shape index (κ2) is 9.00. The predicted octanol–water partition coefficient (Wildman–Crippen LogP) is 5.24. The van der Waals surface area contributed by atoms with Crippen LogP contribution in [0.15, 0.2) is 43.0 Å². The third kappa shape index (κ3) is 4.48. The first-order chi connectivity index (χ1) is 13.1. The summed E-state index contributed by atoms with van der Waals surface area (Å²) in [6.45, 7) is 3.53. The molecule has 3 aromatic rings. The molecule has 0 fully saturated rings. The minimum absolute atomic E-state index is 0.0105. The van der Waals surface area contributed by atoms with Crippen LogP contribution in [0.3, 0.4) is 0 Å². The highest BCUT2D eigenvalue weighted by molar-refractivity contribution is 6.30. The molecule has 2 aromatic heterocycles. The quantitative estimate of drug-likeness (QED) is 0.493. The number of aromatic hydroxyl groups is 2. The van der Waals surface area contributed by atoms with Crippen LogP contribution in [0.25, 0.3) is 11.3 Å². The van der Waals surface area contributed by atoms with Gasteiger partial charge in [-0.05, 0) is 31.4 Å². The van der Waals surface area contributed by atoms with Crippen molar-refractivity contribution in [3.05, 3.63) is 53.6 Å². The molecule has 5 nitrogen and oxygen atoms in total. The lowest BCUT2D eigenvalue weighted by Crippen LogP contribution is -2.05. The summed E-state index contributed by atoms with van der Waals surface area (Å²) in [6, 6.07) is 7.57. The van der Waals surface area contributed by atoms with E-state index in [1.807, 2.05) is 35.0 Å². The Labute approximate surface area is 164 Å². The summed E-state index contributed by atoms with van der Waals surface area (Å²) in [5, 5.41) is 21.8. The summed E-state index contributed by atoms with van der Waals surface area (Å²) in [5.41, 5.74) is 2.56. The SMILES string of the molecule is CCCCCc1c(O)c(O)n(CCCn2ccnc2)c1-c1cccc(Cl)c1. The number of hydrogen-bond donors (Lipinski definition) is 2. The Morgan fingerprint density at radius 1 is 1.11 bits per heavy atom. The fraction of sp³-hybridized carbons (Fsp3) is 0.381. The zero-order valence-corrected chi connectivity index (χ0v) is 16.4. The van der Waals surface area contributed by atoms with E-state index < -0.39 is 0 Å². The van der Waals surface area contributed by atoms with Crippen LogP contribution in [0.4, 0.5) is 0 Å². The first kappa shape index (κ1) is 19.4. The zero-order chi connectivity index (χ0) is 19.2. The van der Waals surface area contributed by atoms with E-state index in [4.69, 9.17) is 11.6 Å². The smallest absolute Gasteiger partial charge is 0.235 e. The molecule has 3 rings (SSSR count). The number of halogens is 1. The van der Waals surface area contributed by atoms with Crippen LogP contribution in [0.2, 0.25) is 5.02 Å². The number of aromatic nitrogens is 3. The number of nitrogens with zero attached hydrogens (tertiary/aromatic N) is 3. The van der Waals surface area contributed by atoms with Crippen LogP contribution in [0.5, 0.6) is 11.6 Å². The van der Waals surface area contributed by atoms with Gasteiger partial charge >= 0.3 is 0 Å². The zero-order valence-electron chi connectivity index (χ0n) is 15.6. The summed E-state index contributed by atoms with van der Waals surface area (Å²) in [6.07, 6.45) is 10.1. The van der Waals surface area contributed by atoms with E-state index in [-0.39, 0.29) is 11.6 Å². The number of imidazole rings is 1. The van der Waals surface area contributed by atoms with Crippen molar-refractivity contribution in [3.8, 4) is 22.9 Å². The van der Waals surface area contributed by atoms with E-state index in [1.165, 1.54) is 0 Å². The molecule has 0 atom stereocenters. The van der Waals surface area contributed by atoms with Crippen LogP contribution < -0.4 is 0 Å². The summed E-state index contributed by atoms with van der Waals surface area (Å²) in [4.78, 5) is 4.05. The summed E-state index contributed by atoms with van der Waals surface area (Å²) < 4.78 is 3.81. The molecule has 2 heterocycles. The topological polar surface area (TPSA) is 63.2 Å². The number of hydrogen-bond acceptors (Lipinski definition) is 3. The molecule has 0 radical (unpaired) electrons. The van der Waals surface area contributed by atoms with E-state index >= 15 is 0 Å². The lowest BCUT2D eigenvalue weighted by molar-refractivity contribution is 0.367. The number of rotatable bonds is 9. The van der Waals surface area contributed by atoms with Gasteiger partial charge in [-0.1, -0.05) is 43.5 Å². The number of unbranched alkanes of at least 4 members (excludes halogenated alkanes) is 2. The van der Waals surface area contributed by atoms with Gasteiger partial charge in [0, 0.05) is 41.6 Å². The van der Waals surface area contributed by atoms with E-state index in [0.29, 0.717) is 11.6 Å². The van der Waals surface area contributed by atoms with Gasteiger partial charge in [0.25, 0.3) is 0 Å². The maximum Gasteiger partial charge on any atom is 0.235 e. The second-order valence-electron chi connectivity index (χ2n) is 6.77. The molecular formula is C21H26ClN3O2. The fourth-order valence-corrected chi connectivity index (χ4v) is 3.64. The van der Waals surface area contributed by atoms with E-state index in [2.05, 4.69) is 11.9 Å². The molecule has 0 aliphatic heterocycles. The molecule has 0 bridgehead atoms. The van der Waals surface area contributed by atoms with Gasteiger partial charge in [0.05, 0.1) is 12.0 Å². The molecule has 0 spiro atoms. The van der Waals surface area contributed by atoms with Gasteiger partial charge in [0.15, 0.2) is 5.75 Å². The molecule has 27 heavy (non-hydrogen) atoms. The summed E-state index contributed by atoms with van der Waals surface area (Å²) in [7, 11) is 0. The average molecular weight is 388 g/mol. The van der Waals surface area contributed by atoms with E-state index in [0.717, 1.165) is 55.5 Å². The van der Waals surface area contributed by atoms with Crippen LogP contribution >= 0.6 is 11.6 Å². The van der Waals surface area contributed by atoms with Crippen molar-refractivity contribution in [1.29, 1.82) is 0 Å². The van der Waals surface area contributed by atoms with Crippen LogP contribution in [-0.2, 0) is 19.5 Å². The van der Waals surface area contributed by atoms with Gasteiger partial charge in [-0.3, -0.25) is 0 Å². The third-order valence-electron chi connectivity index (χ3n) is 4.79. The summed E-state index contributed by atoms with van der Waals surface area (Å²) in [5.74, 6) is -0.0779. The van der Waals surface area contributed by atoms with Crippen molar-refractivity contribution >= 4 is 11.6 Å². The first-order valence-electron chi connectivity index (χ1n) is 9.46. The Hall–Kier alpha value is -2.40. The average Bonchev–Trinajstić information content (AvgIpc) is 3.25. The predicted molar refractivity (Wildman–Crippen MR) is 108 cm³/mol. The first-order valence-corrected chi connectivity index (χ1v) is 9.84. The van der Waals surface area contributed by atoms with Gasteiger partial charge in [-0.2, -0.15) is 0 Å². The van der Waals surface area contributed by atoms with Crippen molar-refractivity contribution in [2.75, 3.05) is 0 Å². The molecular weight excluding hydrogens is 362 g/mol. The van der Waals surface area contributed by atoms with Gasteiger partial charge in [0.1, 0.15) is 0 Å². The molecule has 0 aliphatic rings. The second-order valence-corrected chi connectivity index (χ2v) is 7.21. The number of benzene rings is 1. The molecule has 1 aromatic carbocycles. The Balaban J connectivity index is 1.93. The highest BCUT2D eigenvalue weighted by atomic mass is 35.5. The monoisotopic (exact) mass is 387 g/mol. The summed E-state index contributed by atoms with van der Waals surface area (Å²) >= 11 is 6.20. The van der Waals surface area contributed by atoms with Crippen molar-refractivity contribution < 1.29 is 10.2 Å². The molecule has 0 amide bonds. The van der Waals surface area contributed by atoms with Crippen LogP contribution in [0.1, 0.15) is 38.2 Å². The highest BCUT2D eigenvalue weighted by Crippen LogP contribution is 2.42. The highest BCUT2D eigenvalue weighted by Gasteiger charge is 2.23. The Morgan fingerprint density at radius 3 is 2.67 bits per heavy atom. The van der Waals surface area contributed by atoms with Gasteiger partial charge in [-0.15, -0.1) is 0 Å². The Morgan fingerprint density at radius 2 is 1.96 bits per heavy atom. The molecule has 0 aliphatic carbocycles. The van der Waals surface area contributed by atoms with E-state index in [1.54, 1.807) is 17.1 Å². The maximum atomic E-state index is 10.6. The number of aryl methyl sites for hydroxylation is 1. The Bertz CT molecular complexity index is 872. The van der Waals surface area contributed by atoms with Gasteiger partial charge < -0.3 is 19.3 Å². The Kier molecular flexibility index (Phi) is 6.45. The largest absolute Gasteiger partial charge is 0.503 e. The molecule has 0 unspecified atom stereocenters. The van der Waals surface area contributed by atoms with Gasteiger partial charge in [-0.25, -0.2) is 4.98 Å². The molecule has 0 saturated heterocycles. The molecule has 2 N–H and O–H groups in total. The lowest BCUT2D eigenvalue weighted by atomic mass is 10.0. The lowest BCUT2D eigenvalue weighted by Gasteiger charge is -2.13. The molecule has 0 saturated carbocycles. The van der Waals surface area contributed by atoms with Crippen molar-refractivity contribution in [2.45, 2.75) is 52.1 Å². The van der Waals surface area contributed by atoms with Gasteiger partial charge in [0.2, 0.25) is 5.88 Å². The minimum atomic E-state index is -0.0675. The molecule has 144 valence electrons.